The van der Waals surface area contributed by atoms with Crippen molar-refractivity contribution in [3.63, 3.8) is 0 Å². The number of pyridine rings is 1. The number of piperidine rings is 1. The maximum Gasteiger partial charge on any atom is 0.433 e. The Kier molecular flexibility index (Phi) is 7.62. The summed E-state index contributed by atoms with van der Waals surface area (Å²) in [6, 6.07) is 4.49. The Morgan fingerprint density at radius 1 is 1.10 bits per heavy atom. The molecule has 0 unspecified atom stereocenters. The second kappa shape index (κ2) is 11.0. The Hall–Kier alpha value is -3.46. The van der Waals surface area contributed by atoms with Crippen LogP contribution in [0.4, 0.5) is 27.8 Å². The van der Waals surface area contributed by atoms with Gasteiger partial charge in [0.05, 0.1) is 30.4 Å². The Labute approximate surface area is 221 Å². The number of nitrogens with one attached hydrogen (secondary N) is 1. The van der Waals surface area contributed by atoms with Gasteiger partial charge < -0.3 is 19.7 Å². The van der Waals surface area contributed by atoms with E-state index >= 15 is 0 Å². The van der Waals surface area contributed by atoms with E-state index in [1.54, 1.807) is 0 Å². The van der Waals surface area contributed by atoms with Crippen LogP contribution in [0.1, 0.15) is 61.3 Å². The highest BCUT2D eigenvalue weighted by atomic mass is 19.4. The molecule has 6 rings (SSSR count). The number of hydrogen-bond donors (Lipinski definition) is 1. The number of benzene rings is 1. The molecule has 1 aliphatic carbocycles. The summed E-state index contributed by atoms with van der Waals surface area (Å²) in [6.45, 7) is -0.0583. The van der Waals surface area contributed by atoms with E-state index in [9.17, 15) is 32.0 Å². The van der Waals surface area contributed by atoms with Crippen LogP contribution >= 0.6 is 0 Å². The molecule has 1 saturated heterocycles. The monoisotopic (exact) mass is 550 g/mol. The van der Waals surface area contributed by atoms with Crippen LogP contribution in [0.3, 0.4) is 0 Å². The van der Waals surface area contributed by atoms with Gasteiger partial charge in [0.25, 0.3) is 5.91 Å². The summed E-state index contributed by atoms with van der Waals surface area (Å²) >= 11 is 0. The quantitative estimate of drug-likeness (QED) is 0.520. The van der Waals surface area contributed by atoms with Gasteiger partial charge >= 0.3 is 6.18 Å². The van der Waals surface area contributed by atoms with Gasteiger partial charge in [0.1, 0.15) is 23.4 Å². The predicted octanol–water partition coefficient (Wildman–Crippen LogP) is 5.16. The van der Waals surface area contributed by atoms with E-state index < -0.39 is 48.1 Å². The van der Waals surface area contributed by atoms with Crippen LogP contribution in [0.2, 0.25) is 0 Å². The summed E-state index contributed by atoms with van der Waals surface area (Å²) in [5.74, 6) is -2.55. The third-order valence-corrected chi connectivity index (χ3v) is 7.72. The van der Waals surface area contributed by atoms with Gasteiger partial charge in [-0.25, -0.2) is 13.8 Å². The molecule has 4 heterocycles. The standard InChI is InChI=1S/C27H27F5N4O3/c28-17-10-19-15-3-6-18(7-4-15)38-13-22-21(34-26-16(12-33)5-8-23(35-26)27(30,31)32)2-1-9-36(22)24(37)14-39-25(19)20(29)11-17/h5,8,10-11,15,18,21-22H,1-4,6-7,9,13-14H2,(H,34,35)/t15?,18?,21-,22-/m0/s1. The van der Waals surface area contributed by atoms with Crippen molar-refractivity contribution < 1.29 is 36.2 Å². The molecule has 0 spiro atoms. The third-order valence-electron chi connectivity index (χ3n) is 7.72. The summed E-state index contributed by atoms with van der Waals surface area (Å²) in [5.41, 5.74) is -0.799. The average molecular weight is 551 g/mol. The molecular weight excluding hydrogens is 523 g/mol. The van der Waals surface area contributed by atoms with Gasteiger partial charge in [-0.2, -0.15) is 18.4 Å². The number of amides is 1. The fourth-order valence-electron chi connectivity index (χ4n) is 5.76. The number of carbonyl (C=O) groups is 1. The van der Waals surface area contributed by atoms with Crippen molar-refractivity contribution in [3.05, 3.63) is 52.7 Å². The van der Waals surface area contributed by atoms with Crippen molar-refractivity contribution >= 4 is 11.7 Å². The van der Waals surface area contributed by atoms with Crippen molar-refractivity contribution in [1.29, 1.82) is 5.26 Å². The van der Waals surface area contributed by atoms with Gasteiger partial charge in [0.2, 0.25) is 0 Å². The van der Waals surface area contributed by atoms with Crippen molar-refractivity contribution in [2.45, 2.75) is 68.8 Å². The minimum absolute atomic E-state index is 0.0574. The van der Waals surface area contributed by atoms with Gasteiger partial charge in [-0.15, -0.1) is 0 Å². The molecule has 2 aromatic rings. The largest absolute Gasteiger partial charge is 0.480 e. The highest BCUT2D eigenvalue weighted by Gasteiger charge is 2.38. The van der Waals surface area contributed by atoms with Crippen LogP contribution in [0.15, 0.2) is 24.3 Å². The second-order valence-electron chi connectivity index (χ2n) is 10.2. The Morgan fingerprint density at radius 2 is 1.87 bits per heavy atom. The highest BCUT2D eigenvalue weighted by molar-refractivity contribution is 5.78. The number of anilines is 1. The topological polar surface area (TPSA) is 87.5 Å². The molecule has 3 aliphatic heterocycles. The van der Waals surface area contributed by atoms with Gasteiger partial charge in [0, 0.05) is 18.2 Å². The molecule has 12 heteroatoms. The van der Waals surface area contributed by atoms with Gasteiger partial charge in [0.15, 0.2) is 18.2 Å². The Bertz CT molecular complexity index is 1270. The smallest absolute Gasteiger partial charge is 0.433 e. The highest BCUT2D eigenvalue weighted by Crippen LogP contribution is 2.40. The number of nitrogens with zero attached hydrogens (tertiary/aromatic N) is 3. The minimum Gasteiger partial charge on any atom is -0.480 e. The molecule has 1 amide bonds. The van der Waals surface area contributed by atoms with Gasteiger partial charge in [-0.3, -0.25) is 4.79 Å². The number of hydrogen-bond acceptors (Lipinski definition) is 6. The lowest BCUT2D eigenvalue weighted by atomic mass is 9.82. The summed E-state index contributed by atoms with van der Waals surface area (Å²) in [6.07, 6.45) is -1.33. The van der Waals surface area contributed by atoms with Crippen molar-refractivity contribution in [2.75, 3.05) is 25.1 Å². The molecule has 7 nitrogen and oxygen atoms in total. The molecular formula is C27H27F5N4O3. The zero-order chi connectivity index (χ0) is 27.7. The van der Waals surface area contributed by atoms with Crippen LogP contribution in [-0.2, 0) is 15.7 Å². The molecule has 2 atom stereocenters. The van der Waals surface area contributed by atoms with E-state index in [-0.39, 0.29) is 35.8 Å². The summed E-state index contributed by atoms with van der Waals surface area (Å²) in [7, 11) is 0. The van der Waals surface area contributed by atoms with Crippen LogP contribution in [-0.4, -0.2) is 53.7 Å². The van der Waals surface area contributed by atoms with E-state index in [1.807, 2.05) is 6.07 Å². The lowest BCUT2D eigenvalue weighted by Gasteiger charge is -2.42. The molecule has 2 bridgehead atoms. The fourth-order valence-corrected chi connectivity index (χ4v) is 5.76. The maximum atomic E-state index is 14.8. The van der Waals surface area contributed by atoms with Crippen LogP contribution in [0, 0.1) is 23.0 Å². The first-order chi connectivity index (χ1) is 18.6. The van der Waals surface area contributed by atoms with Crippen LogP contribution in [0.25, 0.3) is 0 Å². The molecule has 1 N–H and O–H groups in total. The number of carbonyl (C=O) groups excluding carboxylic acids is 1. The number of ether oxygens (including phenoxy) is 2. The Balaban J connectivity index is 1.45. The first-order valence-corrected chi connectivity index (χ1v) is 12.9. The number of alkyl halides is 3. The van der Waals surface area contributed by atoms with Crippen molar-refractivity contribution in [1.82, 2.24) is 9.88 Å². The lowest BCUT2D eigenvalue weighted by Crippen LogP contribution is -2.57. The third kappa shape index (κ3) is 5.78. The van der Waals surface area contributed by atoms with E-state index in [4.69, 9.17) is 9.47 Å². The maximum absolute atomic E-state index is 14.8. The van der Waals surface area contributed by atoms with E-state index in [1.165, 1.54) is 11.0 Å². The normalized spacial score (nSPS) is 25.7. The van der Waals surface area contributed by atoms with E-state index in [2.05, 4.69) is 10.3 Å². The molecule has 2 fully saturated rings. The van der Waals surface area contributed by atoms with E-state index in [0.717, 1.165) is 18.2 Å². The number of fused-ring (bicyclic) bond motifs is 5. The zero-order valence-electron chi connectivity index (χ0n) is 20.9. The predicted molar refractivity (Wildman–Crippen MR) is 129 cm³/mol. The van der Waals surface area contributed by atoms with Crippen LogP contribution in [0.5, 0.6) is 5.75 Å². The number of nitriles is 1. The van der Waals surface area contributed by atoms with E-state index in [0.29, 0.717) is 50.6 Å². The minimum atomic E-state index is -4.70. The first kappa shape index (κ1) is 27.1. The SMILES string of the molecule is N#Cc1ccc(C(F)(F)F)nc1N[C@H]1CCCN2C(=O)COc3c(F)cc(F)cc3C3CCC(CC3)OC[C@@H]12. The number of rotatable bonds is 2. The zero-order valence-corrected chi connectivity index (χ0v) is 20.9. The first-order valence-electron chi connectivity index (χ1n) is 12.9. The summed E-state index contributed by atoms with van der Waals surface area (Å²) in [5, 5.41) is 12.5. The lowest BCUT2D eigenvalue weighted by molar-refractivity contribution is -0.141. The number of halogens is 5. The molecule has 4 aliphatic rings. The fraction of sp³-hybridized carbons (Fsp3) is 0.519. The summed E-state index contributed by atoms with van der Waals surface area (Å²) in [4.78, 5) is 18.5. The molecule has 1 aromatic carbocycles. The second-order valence-corrected chi connectivity index (χ2v) is 10.2. The van der Waals surface area contributed by atoms with Crippen LogP contribution < -0.4 is 10.1 Å². The van der Waals surface area contributed by atoms with Crippen molar-refractivity contribution in [3.8, 4) is 11.8 Å². The molecule has 0 radical (unpaired) electrons. The van der Waals surface area contributed by atoms with Gasteiger partial charge in [-0.1, -0.05) is 0 Å². The number of aromatic nitrogens is 1. The van der Waals surface area contributed by atoms with Crippen molar-refractivity contribution in [2.24, 2.45) is 0 Å². The molecule has 208 valence electrons. The Morgan fingerprint density at radius 3 is 2.59 bits per heavy atom. The average Bonchev–Trinajstić information content (AvgIpc) is 2.92. The molecule has 39 heavy (non-hydrogen) atoms. The molecule has 1 saturated carbocycles. The molecule has 1 aromatic heterocycles. The van der Waals surface area contributed by atoms with Gasteiger partial charge in [-0.05, 0) is 62.6 Å². The summed E-state index contributed by atoms with van der Waals surface area (Å²) < 4.78 is 80.7.